The van der Waals surface area contributed by atoms with E-state index < -0.39 is 0 Å². The molecule has 3 aliphatic rings. The molecule has 1 heteroatoms. The topological polar surface area (TPSA) is 3.24 Å². The fraction of sp³-hybridized carbons (Fsp3) is 0.282. The SMILES string of the molecule is CC1CC2CC(C)C3(c4ccccc4-c4c(N(c5ccccc5)c5cccc6ccccc56)cccc43)C(C1)C2. The summed E-state index contributed by atoms with van der Waals surface area (Å²) in [6.07, 6.45) is 5.46. The van der Waals surface area contributed by atoms with Crippen LogP contribution >= 0.6 is 0 Å². The average molecular weight is 520 g/mol. The van der Waals surface area contributed by atoms with E-state index in [1.807, 2.05) is 0 Å². The minimum absolute atomic E-state index is 0.0915. The number of hydrogen-bond acceptors (Lipinski definition) is 1. The molecule has 8 rings (SSSR count). The summed E-state index contributed by atoms with van der Waals surface area (Å²) in [6.45, 7) is 5.06. The van der Waals surface area contributed by atoms with Crippen molar-refractivity contribution >= 4 is 27.8 Å². The van der Waals surface area contributed by atoms with Crippen LogP contribution in [0.1, 0.15) is 50.7 Å². The fourth-order valence-electron chi connectivity index (χ4n) is 9.32. The van der Waals surface area contributed by atoms with Crippen molar-refractivity contribution in [3.05, 3.63) is 126 Å². The Morgan fingerprint density at radius 1 is 0.600 bits per heavy atom. The van der Waals surface area contributed by atoms with Crippen LogP contribution in [0.15, 0.2) is 115 Å². The summed E-state index contributed by atoms with van der Waals surface area (Å²) in [5.41, 5.74) is 9.85. The lowest BCUT2D eigenvalue weighted by molar-refractivity contribution is 0.0426. The highest BCUT2D eigenvalue weighted by molar-refractivity contribution is 6.02. The molecule has 0 aliphatic heterocycles. The van der Waals surface area contributed by atoms with E-state index in [-0.39, 0.29) is 5.41 Å². The van der Waals surface area contributed by atoms with Crippen LogP contribution in [0.4, 0.5) is 17.1 Å². The second-order valence-electron chi connectivity index (χ2n) is 12.8. The first-order chi connectivity index (χ1) is 19.7. The first-order valence-corrected chi connectivity index (χ1v) is 15.2. The summed E-state index contributed by atoms with van der Waals surface area (Å²) in [5, 5.41) is 2.55. The van der Waals surface area contributed by atoms with Crippen molar-refractivity contribution in [2.24, 2.45) is 23.7 Å². The van der Waals surface area contributed by atoms with Crippen molar-refractivity contribution < 1.29 is 0 Å². The predicted molar refractivity (Wildman–Crippen MR) is 169 cm³/mol. The van der Waals surface area contributed by atoms with Gasteiger partial charge in [-0.05, 0) is 95.7 Å². The molecule has 0 aromatic heterocycles. The van der Waals surface area contributed by atoms with Crippen molar-refractivity contribution in [2.45, 2.75) is 44.9 Å². The van der Waals surface area contributed by atoms with Crippen molar-refractivity contribution in [3.8, 4) is 11.1 Å². The maximum absolute atomic E-state index is 2.56. The van der Waals surface area contributed by atoms with Crippen LogP contribution < -0.4 is 4.90 Å². The van der Waals surface area contributed by atoms with Crippen molar-refractivity contribution in [3.63, 3.8) is 0 Å². The smallest absolute Gasteiger partial charge is 0.0543 e. The van der Waals surface area contributed by atoms with Gasteiger partial charge in [0.2, 0.25) is 0 Å². The number of para-hydroxylation sites is 1. The molecular weight excluding hydrogens is 482 g/mol. The maximum Gasteiger partial charge on any atom is 0.0543 e. The van der Waals surface area contributed by atoms with E-state index in [9.17, 15) is 0 Å². The Morgan fingerprint density at radius 3 is 2.20 bits per heavy atom. The van der Waals surface area contributed by atoms with Crippen LogP contribution in [0, 0.1) is 23.7 Å². The van der Waals surface area contributed by atoms with Gasteiger partial charge < -0.3 is 4.90 Å². The number of nitrogens with zero attached hydrogens (tertiary/aromatic N) is 1. The lowest BCUT2D eigenvalue weighted by Gasteiger charge is -2.54. The van der Waals surface area contributed by atoms with E-state index in [1.165, 1.54) is 64.6 Å². The molecule has 3 aliphatic carbocycles. The quantitative estimate of drug-likeness (QED) is 0.229. The third-order valence-corrected chi connectivity index (χ3v) is 10.5. The third kappa shape index (κ3) is 3.33. The van der Waals surface area contributed by atoms with Gasteiger partial charge in [-0.1, -0.05) is 105 Å². The van der Waals surface area contributed by atoms with E-state index in [2.05, 4.69) is 134 Å². The van der Waals surface area contributed by atoms with Crippen molar-refractivity contribution in [2.75, 3.05) is 4.90 Å². The summed E-state index contributed by atoms with van der Waals surface area (Å²) in [7, 11) is 0. The number of hydrogen-bond donors (Lipinski definition) is 0. The molecular formula is C39H37N. The molecule has 5 atom stereocenters. The molecule has 0 N–H and O–H groups in total. The predicted octanol–water partition coefficient (Wildman–Crippen LogP) is 10.7. The molecule has 0 amide bonds. The molecule has 40 heavy (non-hydrogen) atoms. The minimum atomic E-state index is 0.0915. The van der Waals surface area contributed by atoms with Gasteiger partial charge in [-0.15, -0.1) is 0 Å². The summed E-state index contributed by atoms with van der Waals surface area (Å²) in [6, 6.07) is 43.1. The summed E-state index contributed by atoms with van der Waals surface area (Å²) < 4.78 is 0. The van der Waals surface area contributed by atoms with Gasteiger partial charge in [0.15, 0.2) is 0 Å². The standard InChI is InChI=1S/C39H37N/c1-26-22-28-24-27(2)39(30(23-26)25-28)34-18-9-8-17-33(34)38-35(39)19-11-21-37(38)40(31-14-4-3-5-15-31)36-20-10-13-29-12-6-7-16-32(29)36/h3-21,26-28,30H,22-25H2,1-2H3. The highest BCUT2D eigenvalue weighted by Gasteiger charge is 2.57. The monoisotopic (exact) mass is 519 g/mol. The minimum Gasteiger partial charge on any atom is -0.309 e. The second kappa shape index (κ2) is 9.10. The summed E-state index contributed by atoms with van der Waals surface area (Å²) in [4.78, 5) is 2.52. The van der Waals surface area contributed by atoms with E-state index in [1.54, 1.807) is 11.1 Å². The number of fused-ring (bicyclic) bond motifs is 9. The summed E-state index contributed by atoms with van der Waals surface area (Å²) in [5.74, 6) is 3.02. The molecule has 1 spiro atoms. The Bertz CT molecular complexity index is 1710. The molecule has 0 radical (unpaired) electrons. The molecule has 198 valence electrons. The van der Waals surface area contributed by atoms with Gasteiger partial charge >= 0.3 is 0 Å². The number of anilines is 3. The molecule has 2 saturated carbocycles. The van der Waals surface area contributed by atoms with E-state index in [0.29, 0.717) is 11.8 Å². The fourth-order valence-corrected chi connectivity index (χ4v) is 9.32. The number of rotatable bonds is 3. The van der Waals surface area contributed by atoms with Gasteiger partial charge in [-0.25, -0.2) is 0 Å². The average Bonchev–Trinajstić information content (AvgIpc) is 3.29. The Morgan fingerprint density at radius 2 is 1.30 bits per heavy atom. The van der Waals surface area contributed by atoms with E-state index >= 15 is 0 Å². The van der Waals surface area contributed by atoms with Gasteiger partial charge in [0.1, 0.15) is 0 Å². The number of benzene rings is 5. The maximum atomic E-state index is 2.56. The van der Waals surface area contributed by atoms with Crippen molar-refractivity contribution in [1.82, 2.24) is 0 Å². The normalized spacial score (nSPS) is 26.4. The third-order valence-electron chi connectivity index (χ3n) is 10.5. The van der Waals surface area contributed by atoms with Gasteiger partial charge in [-0.2, -0.15) is 0 Å². The van der Waals surface area contributed by atoms with E-state index in [4.69, 9.17) is 0 Å². The zero-order chi connectivity index (χ0) is 26.8. The Kier molecular flexibility index (Phi) is 5.46. The van der Waals surface area contributed by atoms with Crippen LogP contribution in [0.5, 0.6) is 0 Å². The highest BCUT2D eigenvalue weighted by atomic mass is 15.1. The molecule has 0 heterocycles. The Hall–Kier alpha value is -3.84. The van der Waals surface area contributed by atoms with Gasteiger partial charge in [0, 0.05) is 22.1 Å². The zero-order valence-electron chi connectivity index (χ0n) is 23.6. The second-order valence-corrected chi connectivity index (χ2v) is 12.8. The molecule has 2 bridgehead atoms. The van der Waals surface area contributed by atoms with Crippen molar-refractivity contribution in [1.29, 1.82) is 0 Å². The zero-order valence-corrected chi connectivity index (χ0v) is 23.6. The highest BCUT2D eigenvalue weighted by Crippen LogP contribution is 2.66. The lowest BCUT2D eigenvalue weighted by Crippen LogP contribution is -2.49. The van der Waals surface area contributed by atoms with Gasteiger partial charge in [-0.3, -0.25) is 0 Å². The van der Waals surface area contributed by atoms with Crippen LogP contribution in [0.25, 0.3) is 21.9 Å². The molecule has 5 aromatic carbocycles. The van der Waals surface area contributed by atoms with Gasteiger partial charge in [0.05, 0.1) is 11.4 Å². The van der Waals surface area contributed by atoms with Crippen LogP contribution in [-0.2, 0) is 5.41 Å². The largest absolute Gasteiger partial charge is 0.309 e. The first kappa shape index (κ1) is 24.0. The lowest BCUT2D eigenvalue weighted by atomic mass is 9.49. The molecule has 5 unspecified atom stereocenters. The molecule has 2 fully saturated rings. The molecule has 1 nitrogen and oxygen atoms in total. The van der Waals surface area contributed by atoms with Crippen LogP contribution in [0.3, 0.4) is 0 Å². The Labute approximate surface area is 238 Å². The van der Waals surface area contributed by atoms with Crippen LogP contribution in [0.2, 0.25) is 0 Å². The molecule has 5 aromatic rings. The summed E-state index contributed by atoms with van der Waals surface area (Å²) >= 11 is 0. The Balaban J connectivity index is 1.43. The van der Waals surface area contributed by atoms with Gasteiger partial charge in [0.25, 0.3) is 0 Å². The van der Waals surface area contributed by atoms with E-state index in [0.717, 1.165) is 11.8 Å². The molecule has 0 saturated heterocycles. The van der Waals surface area contributed by atoms with Crippen LogP contribution in [-0.4, -0.2) is 0 Å². The first-order valence-electron chi connectivity index (χ1n) is 15.2.